The highest BCUT2D eigenvalue weighted by Gasteiger charge is 2.38. The highest BCUT2D eigenvalue weighted by atomic mass is 32.2. The Balaban J connectivity index is 2.98. The minimum atomic E-state index is -0.297. The van der Waals surface area contributed by atoms with Crippen LogP contribution in [0.5, 0.6) is 0 Å². The molecule has 0 bridgehead atoms. The van der Waals surface area contributed by atoms with Gasteiger partial charge in [0.2, 0.25) is 0 Å². The van der Waals surface area contributed by atoms with Crippen LogP contribution in [0.25, 0.3) is 0 Å². The molecule has 0 spiro atoms. The lowest BCUT2D eigenvalue weighted by Gasteiger charge is -2.40. The molecule has 1 nitrogen and oxygen atoms in total. The van der Waals surface area contributed by atoms with Crippen LogP contribution in [-0.4, -0.2) is 23.7 Å². The van der Waals surface area contributed by atoms with Gasteiger partial charge in [-0.2, -0.15) is 0 Å². The van der Waals surface area contributed by atoms with E-state index in [0.29, 0.717) is 0 Å². The Morgan fingerprint density at radius 1 is 1.56 bits per heavy atom. The molecule has 0 aromatic heterocycles. The number of hydrogen-bond acceptors (Lipinski definition) is 3. The third kappa shape index (κ3) is 2.88. The first kappa shape index (κ1) is 14.2. The molecule has 0 amide bonds. The average molecular weight is 258 g/mol. The summed E-state index contributed by atoms with van der Waals surface area (Å²) in [4.78, 5) is 0. The minimum absolute atomic E-state index is 0.00789. The van der Waals surface area contributed by atoms with Gasteiger partial charge in [0.15, 0.2) is 0 Å². The number of thioether (sulfide) groups is 2. The molecule has 0 heterocycles. The van der Waals surface area contributed by atoms with Crippen LogP contribution in [0.15, 0.2) is 22.5 Å². The van der Waals surface area contributed by atoms with Crippen molar-refractivity contribution in [3.8, 4) is 0 Å². The number of hydrogen-bond donors (Lipinski definition) is 1. The molecule has 0 radical (unpaired) electrons. The molecule has 1 fully saturated rings. The lowest BCUT2D eigenvalue weighted by atomic mass is 9.69. The third-order valence-corrected chi connectivity index (χ3v) is 5.69. The molecule has 1 aliphatic carbocycles. The van der Waals surface area contributed by atoms with E-state index < -0.39 is 0 Å². The van der Waals surface area contributed by atoms with Crippen molar-refractivity contribution < 1.29 is 5.11 Å². The molecule has 1 N–H and O–H groups in total. The molecule has 0 aliphatic heterocycles. The van der Waals surface area contributed by atoms with E-state index in [4.69, 9.17) is 0 Å². The van der Waals surface area contributed by atoms with Crippen LogP contribution in [0.2, 0.25) is 0 Å². The number of allylic oxidation sites excluding steroid dienone is 1. The van der Waals surface area contributed by atoms with Gasteiger partial charge in [0, 0.05) is 9.65 Å². The van der Waals surface area contributed by atoms with Crippen molar-refractivity contribution in [1.29, 1.82) is 0 Å². The first-order valence-electron chi connectivity index (χ1n) is 5.69. The first-order chi connectivity index (χ1) is 7.59. The molecule has 1 unspecified atom stereocenters. The van der Waals surface area contributed by atoms with E-state index in [-0.39, 0.29) is 11.5 Å². The zero-order chi connectivity index (χ0) is 12.2. The predicted octanol–water partition coefficient (Wildman–Crippen LogP) is 4.05. The zero-order valence-electron chi connectivity index (χ0n) is 10.5. The van der Waals surface area contributed by atoms with Crippen LogP contribution in [0.3, 0.4) is 0 Å². The molecular formula is C13H22OS2. The first-order valence-corrected chi connectivity index (χ1v) is 8.14. The fourth-order valence-electron chi connectivity index (χ4n) is 2.48. The van der Waals surface area contributed by atoms with E-state index >= 15 is 0 Å². The highest BCUT2D eigenvalue weighted by molar-refractivity contribution is 8.21. The van der Waals surface area contributed by atoms with Gasteiger partial charge in [-0.15, -0.1) is 30.1 Å². The van der Waals surface area contributed by atoms with E-state index in [1.807, 2.05) is 6.08 Å². The number of rotatable bonds is 4. The predicted molar refractivity (Wildman–Crippen MR) is 76.8 cm³/mol. The standard InChI is InChI=1S/C13H22OS2/c1-5-8-13(2)9-6-7-10(11(13)14)12(15-3)16-4/h5,11,14H,1,6-9H2,2-4H3/t11?,13-/m0/s1. The third-order valence-electron chi connectivity index (χ3n) is 3.43. The summed E-state index contributed by atoms with van der Waals surface area (Å²) in [5.74, 6) is 0. The summed E-state index contributed by atoms with van der Waals surface area (Å²) in [5, 5.41) is 10.5. The van der Waals surface area contributed by atoms with Crippen molar-refractivity contribution in [3.05, 3.63) is 22.5 Å². The lowest BCUT2D eigenvalue weighted by molar-refractivity contribution is 0.0416. The Kier molecular flexibility index (Phi) is 5.48. The Labute approximate surface area is 108 Å². The molecule has 16 heavy (non-hydrogen) atoms. The van der Waals surface area contributed by atoms with Crippen LogP contribution in [0.1, 0.15) is 32.6 Å². The van der Waals surface area contributed by atoms with Gasteiger partial charge in [-0.25, -0.2) is 0 Å². The average Bonchev–Trinajstić information content (AvgIpc) is 2.26. The van der Waals surface area contributed by atoms with Gasteiger partial charge in [0.05, 0.1) is 6.10 Å². The topological polar surface area (TPSA) is 20.2 Å². The van der Waals surface area contributed by atoms with Crippen LogP contribution in [-0.2, 0) is 0 Å². The van der Waals surface area contributed by atoms with E-state index in [9.17, 15) is 5.11 Å². The van der Waals surface area contributed by atoms with Crippen LogP contribution in [0.4, 0.5) is 0 Å². The van der Waals surface area contributed by atoms with Crippen LogP contribution in [0, 0.1) is 5.41 Å². The molecule has 0 aromatic carbocycles. The molecule has 0 aromatic rings. The normalized spacial score (nSPS) is 30.2. The fourth-order valence-corrected chi connectivity index (χ4v) is 4.10. The molecule has 3 heteroatoms. The summed E-state index contributed by atoms with van der Waals surface area (Å²) < 4.78 is 1.29. The van der Waals surface area contributed by atoms with Crippen molar-refractivity contribution in [3.63, 3.8) is 0 Å². The second-order valence-electron chi connectivity index (χ2n) is 4.62. The molecule has 1 rings (SSSR count). The molecular weight excluding hydrogens is 236 g/mol. The van der Waals surface area contributed by atoms with Crippen molar-refractivity contribution in [2.24, 2.45) is 5.41 Å². The molecule has 1 aliphatic rings. The van der Waals surface area contributed by atoms with E-state index in [1.54, 1.807) is 23.5 Å². The minimum Gasteiger partial charge on any atom is -0.388 e. The van der Waals surface area contributed by atoms with Crippen molar-refractivity contribution in [1.82, 2.24) is 0 Å². The summed E-state index contributed by atoms with van der Waals surface area (Å²) in [6.07, 6.45) is 10.0. The van der Waals surface area contributed by atoms with Gasteiger partial charge >= 0.3 is 0 Å². The summed E-state index contributed by atoms with van der Waals surface area (Å²) in [5.41, 5.74) is 1.24. The maximum Gasteiger partial charge on any atom is 0.0825 e. The van der Waals surface area contributed by atoms with Gasteiger partial charge in [0.25, 0.3) is 0 Å². The second-order valence-corrected chi connectivity index (χ2v) is 6.52. The Morgan fingerprint density at radius 2 is 2.19 bits per heavy atom. The maximum atomic E-state index is 10.5. The van der Waals surface area contributed by atoms with E-state index in [2.05, 4.69) is 26.0 Å². The molecule has 2 atom stereocenters. The SMILES string of the molecule is C=CC[C@@]1(C)CCCC(=C(SC)SC)C1O. The lowest BCUT2D eigenvalue weighted by Crippen LogP contribution is -2.37. The van der Waals surface area contributed by atoms with Crippen LogP contribution < -0.4 is 0 Å². The summed E-state index contributed by atoms with van der Waals surface area (Å²) >= 11 is 3.51. The Morgan fingerprint density at radius 3 is 2.69 bits per heavy atom. The highest BCUT2D eigenvalue weighted by Crippen LogP contribution is 2.45. The van der Waals surface area contributed by atoms with Crippen molar-refractivity contribution in [2.45, 2.75) is 38.7 Å². The van der Waals surface area contributed by atoms with Gasteiger partial charge in [-0.1, -0.05) is 13.0 Å². The Hall–Kier alpha value is 0.140. The molecule has 1 saturated carbocycles. The van der Waals surface area contributed by atoms with Gasteiger partial charge in [-0.05, 0) is 43.8 Å². The monoisotopic (exact) mass is 258 g/mol. The molecule has 0 saturated heterocycles. The van der Waals surface area contributed by atoms with E-state index in [1.165, 1.54) is 16.2 Å². The Bertz CT molecular complexity index is 280. The summed E-state index contributed by atoms with van der Waals surface area (Å²) in [6, 6.07) is 0. The van der Waals surface area contributed by atoms with Gasteiger partial charge in [0.1, 0.15) is 0 Å². The van der Waals surface area contributed by atoms with Crippen molar-refractivity contribution >= 4 is 23.5 Å². The fraction of sp³-hybridized carbons (Fsp3) is 0.692. The summed E-state index contributed by atoms with van der Waals surface area (Å²) in [7, 11) is 0. The number of aliphatic hydroxyl groups excluding tert-OH is 1. The number of aliphatic hydroxyl groups is 1. The molecule has 92 valence electrons. The van der Waals surface area contributed by atoms with Crippen LogP contribution >= 0.6 is 23.5 Å². The smallest absolute Gasteiger partial charge is 0.0825 e. The maximum absolute atomic E-state index is 10.5. The zero-order valence-corrected chi connectivity index (χ0v) is 12.1. The van der Waals surface area contributed by atoms with E-state index in [0.717, 1.165) is 19.3 Å². The van der Waals surface area contributed by atoms with Gasteiger partial charge in [-0.3, -0.25) is 0 Å². The quantitative estimate of drug-likeness (QED) is 0.768. The summed E-state index contributed by atoms with van der Waals surface area (Å²) in [6.45, 7) is 5.98. The van der Waals surface area contributed by atoms with Crippen molar-refractivity contribution in [2.75, 3.05) is 12.5 Å². The second kappa shape index (κ2) is 6.18. The largest absolute Gasteiger partial charge is 0.388 e. The van der Waals surface area contributed by atoms with Gasteiger partial charge < -0.3 is 5.11 Å².